The van der Waals surface area contributed by atoms with Crippen molar-refractivity contribution in [2.45, 2.75) is 19.9 Å². The molecule has 0 bridgehead atoms. The minimum absolute atomic E-state index is 0.329. The highest BCUT2D eigenvalue weighted by Gasteiger charge is 2.26. The molecule has 0 spiro atoms. The number of benzene rings is 2. The fourth-order valence-electron chi connectivity index (χ4n) is 4.69. The first kappa shape index (κ1) is 19.4. The number of aromatic carboxylic acids is 1. The van der Waals surface area contributed by atoms with Gasteiger partial charge in [0.05, 0.1) is 11.2 Å². The molecule has 4 aromatic rings. The van der Waals surface area contributed by atoms with Crippen LogP contribution in [0.25, 0.3) is 22.2 Å². The van der Waals surface area contributed by atoms with Crippen molar-refractivity contribution in [1.82, 2.24) is 9.55 Å². The van der Waals surface area contributed by atoms with Gasteiger partial charge in [0.15, 0.2) is 0 Å². The van der Waals surface area contributed by atoms with Gasteiger partial charge in [-0.1, -0.05) is 42.0 Å². The first-order valence-electron chi connectivity index (χ1n) is 10.7. The highest BCUT2D eigenvalue weighted by Crippen LogP contribution is 2.32. The average molecular weight is 412 g/mol. The third-order valence-corrected chi connectivity index (χ3v) is 6.19. The second-order valence-corrected chi connectivity index (χ2v) is 8.34. The summed E-state index contributed by atoms with van der Waals surface area (Å²) in [4.78, 5) is 19.1. The zero-order chi connectivity index (χ0) is 21.4. The molecule has 3 heterocycles. The van der Waals surface area contributed by atoms with Crippen LogP contribution in [0.2, 0.25) is 0 Å². The van der Waals surface area contributed by atoms with Crippen LogP contribution in [-0.4, -0.2) is 33.7 Å². The van der Waals surface area contributed by atoms with Gasteiger partial charge in [-0.05, 0) is 49.6 Å². The van der Waals surface area contributed by atoms with Crippen molar-refractivity contribution in [2.75, 3.05) is 18.0 Å². The van der Waals surface area contributed by atoms with Crippen molar-refractivity contribution in [3.63, 3.8) is 0 Å². The van der Waals surface area contributed by atoms with Gasteiger partial charge in [-0.15, -0.1) is 0 Å². The van der Waals surface area contributed by atoms with E-state index in [9.17, 15) is 9.90 Å². The third kappa shape index (κ3) is 3.67. The van der Waals surface area contributed by atoms with Crippen LogP contribution in [0.3, 0.4) is 0 Å². The van der Waals surface area contributed by atoms with Crippen LogP contribution in [0, 0.1) is 12.8 Å². The van der Waals surface area contributed by atoms with Crippen LogP contribution in [0.15, 0.2) is 72.9 Å². The maximum Gasteiger partial charge on any atom is 0.352 e. The Hall–Kier alpha value is -3.60. The van der Waals surface area contributed by atoms with E-state index < -0.39 is 5.97 Å². The minimum Gasteiger partial charge on any atom is -0.477 e. The Balaban J connectivity index is 1.51. The molecule has 1 N–H and O–H groups in total. The second kappa shape index (κ2) is 7.91. The Morgan fingerprint density at radius 2 is 1.94 bits per heavy atom. The molecule has 2 aromatic heterocycles. The van der Waals surface area contributed by atoms with Gasteiger partial charge in [0, 0.05) is 42.5 Å². The summed E-state index contributed by atoms with van der Waals surface area (Å²) in [6.07, 6.45) is 2.83. The summed E-state index contributed by atoms with van der Waals surface area (Å²) in [5, 5.41) is 10.8. The molecule has 31 heavy (non-hydrogen) atoms. The lowest BCUT2D eigenvalue weighted by Crippen LogP contribution is -2.22. The number of para-hydroxylation sites is 1. The normalized spacial score (nSPS) is 16.2. The highest BCUT2D eigenvalue weighted by atomic mass is 16.4. The monoisotopic (exact) mass is 411 g/mol. The smallest absolute Gasteiger partial charge is 0.352 e. The lowest BCUT2D eigenvalue weighted by Gasteiger charge is -2.19. The first-order chi connectivity index (χ1) is 15.1. The number of carboxylic acid groups (broad SMARTS) is 1. The number of carboxylic acids is 1. The van der Waals surface area contributed by atoms with Crippen molar-refractivity contribution >= 4 is 22.6 Å². The number of rotatable bonds is 5. The number of aryl methyl sites for hydroxylation is 1. The molecular weight excluding hydrogens is 386 g/mol. The summed E-state index contributed by atoms with van der Waals surface area (Å²) >= 11 is 0. The summed E-state index contributed by atoms with van der Waals surface area (Å²) in [5.41, 5.74) is 5.49. The highest BCUT2D eigenvalue weighted by molar-refractivity contribution is 6.00. The topological polar surface area (TPSA) is 58.4 Å². The van der Waals surface area contributed by atoms with Gasteiger partial charge in [-0.25, -0.2) is 4.79 Å². The van der Waals surface area contributed by atoms with Crippen molar-refractivity contribution in [3.8, 4) is 11.3 Å². The molecule has 1 saturated heterocycles. The maximum atomic E-state index is 12.1. The van der Waals surface area contributed by atoms with Gasteiger partial charge in [-0.3, -0.25) is 4.98 Å². The lowest BCUT2D eigenvalue weighted by molar-refractivity contribution is 0.0684. The van der Waals surface area contributed by atoms with Gasteiger partial charge in [0.1, 0.15) is 5.69 Å². The first-order valence-corrected chi connectivity index (χ1v) is 10.7. The van der Waals surface area contributed by atoms with Crippen LogP contribution in [0.4, 0.5) is 5.69 Å². The van der Waals surface area contributed by atoms with Gasteiger partial charge in [0.25, 0.3) is 0 Å². The SMILES string of the molecule is Cc1cccc(-c2nccc3c2cc(C(=O)O)n3CC2CCN(c3ccccc3)C2)c1. The fraction of sp³-hybridized carbons (Fsp3) is 0.231. The molecule has 1 unspecified atom stereocenters. The van der Waals surface area contributed by atoms with Crippen molar-refractivity contribution < 1.29 is 9.90 Å². The van der Waals surface area contributed by atoms with Crippen molar-refractivity contribution in [3.05, 3.63) is 84.2 Å². The van der Waals surface area contributed by atoms with E-state index in [1.165, 1.54) is 5.69 Å². The van der Waals surface area contributed by atoms with Gasteiger partial charge >= 0.3 is 5.97 Å². The number of fused-ring (bicyclic) bond motifs is 1. The fourth-order valence-corrected chi connectivity index (χ4v) is 4.69. The summed E-state index contributed by atoms with van der Waals surface area (Å²) in [5.74, 6) is -0.506. The Bertz CT molecular complexity index is 1250. The van der Waals surface area contributed by atoms with E-state index in [2.05, 4.69) is 53.2 Å². The number of nitrogens with zero attached hydrogens (tertiary/aromatic N) is 3. The quantitative estimate of drug-likeness (QED) is 0.488. The van der Waals surface area contributed by atoms with E-state index in [-0.39, 0.29) is 0 Å². The van der Waals surface area contributed by atoms with Crippen LogP contribution in [-0.2, 0) is 6.54 Å². The molecule has 1 aliphatic rings. The summed E-state index contributed by atoms with van der Waals surface area (Å²) in [6.45, 7) is 4.66. The van der Waals surface area contributed by atoms with E-state index in [4.69, 9.17) is 0 Å². The van der Waals surface area contributed by atoms with E-state index in [1.807, 2.05) is 28.8 Å². The Labute approximate surface area is 181 Å². The molecule has 1 fully saturated rings. The molecule has 2 aromatic carbocycles. The predicted molar refractivity (Wildman–Crippen MR) is 124 cm³/mol. The molecule has 156 valence electrons. The van der Waals surface area contributed by atoms with Crippen molar-refractivity contribution in [1.29, 1.82) is 0 Å². The second-order valence-electron chi connectivity index (χ2n) is 8.34. The largest absolute Gasteiger partial charge is 0.477 e. The van der Waals surface area contributed by atoms with Crippen LogP contribution in [0.5, 0.6) is 0 Å². The third-order valence-electron chi connectivity index (χ3n) is 6.19. The minimum atomic E-state index is -0.899. The van der Waals surface area contributed by atoms with Crippen molar-refractivity contribution in [2.24, 2.45) is 5.92 Å². The molecule has 1 atom stereocenters. The Morgan fingerprint density at radius 1 is 1.10 bits per heavy atom. The molecule has 0 amide bonds. The molecule has 1 aliphatic heterocycles. The Kier molecular flexibility index (Phi) is 4.94. The summed E-state index contributed by atoms with van der Waals surface area (Å²) in [6, 6.07) is 22.3. The maximum absolute atomic E-state index is 12.1. The molecule has 0 saturated carbocycles. The van der Waals surface area contributed by atoms with Crippen LogP contribution in [0.1, 0.15) is 22.5 Å². The number of hydrogen-bond donors (Lipinski definition) is 1. The number of anilines is 1. The van der Waals surface area contributed by atoms with Gasteiger partial charge < -0.3 is 14.6 Å². The Morgan fingerprint density at radius 3 is 2.71 bits per heavy atom. The molecule has 0 radical (unpaired) electrons. The van der Waals surface area contributed by atoms with Gasteiger partial charge in [-0.2, -0.15) is 0 Å². The van der Waals surface area contributed by atoms with E-state index in [1.54, 1.807) is 12.3 Å². The number of carbonyl (C=O) groups is 1. The average Bonchev–Trinajstić information content (AvgIpc) is 3.40. The standard InChI is InChI=1S/C26H25N3O2/c1-18-6-5-7-20(14-18)25-22-15-24(26(30)31)29(23(22)10-12-27-25)17-19-11-13-28(16-19)21-8-3-2-4-9-21/h2-10,12,14-15,19H,11,13,16-17H2,1H3,(H,30,31). The molecule has 5 rings (SSSR count). The number of pyridine rings is 1. The zero-order valence-electron chi connectivity index (χ0n) is 17.5. The molecular formula is C26H25N3O2. The predicted octanol–water partition coefficient (Wildman–Crippen LogP) is 5.24. The lowest BCUT2D eigenvalue weighted by atomic mass is 10.1. The molecule has 0 aliphatic carbocycles. The molecule has 5 heteroatoms. The summed E-state index contributed by atoms with van der Waals surface area (Å²) in [7, 11) is 0. The van der Waals surface area contributed by atoms with Crippen LogP contribution < -0.4 is 4.90 Å². The number of aromatic nitrogens is 2. The molecule has 5 nitrogen and oxygen atoms in total. The van der Waals surface area contributed by atoms with E-state index in [0.717, 1.165) is 47.2 Å². The van der Waals surface area contributed by atoms with E-state index in [0.29, 0.717) is 18.2 Å². The zero-order valence-corrected chi connectivity index (χ0v) is 17.5. The van der Waals surface area contributed by atoms with Crippen LogP contribution >= 0.6 is 0 Å². The summed E-state index contributed by atoms with van der Waals surface area (Å²) < 4.78 is 1.97. The number of hydrogen-bond acceptors (Lipinski definition) is 3. The van der Waals surface area contributed by atoms with Gasteiger partial charge in [0.2, 0.25) is 0 Å². The van der Waals surface area contributed by atoms with E-state index >= 15 is 0 Å².